The molecule has 8 heteroatoms. The number of guanidine groups is 1. The lowest BCUT2D eigenvalue weighted by Gasteiger charge is -2.38. The van der Waals surface area contributed by atoms with Gasteiger partial charge >= 0.3 is 0 Å². The van der Waals surface area contributed by atoms with Crippen LogP contribution in [0.4, 0.5) is 0 Å². The van der Waals surface area contributed by atoms with Crippen LogP contribution in [0.2, 0.25) is 0 Å². The number of fused-ring (bicyclic) bond motifs is 1. The topological polar surface area (TPSA) is 64.1 Å². The summed E-state index contributed by atoms with van der Waals surface area (Å²) < 4.78 is 16.8. The molecular weight excluding hydrogens is 525 g/mol. The lowest BCUT2D eigenvalue weighted by Crippen LogP contribution is -2.48. The summed E-state index contributed by atoms with van der Waals surface area (Å²) in [5.74, 6) is 3.46. The van der Waals surface area contributed by atoms with E-state index in [2.05, 4.69) is 52.0 Å². The molecule has 2 N–H and O–H groups in total. The van der Waals surface area contributed by atoms with Gasteiger partial charge in [0.05, 0.1) is 0 Å². The molecule has 0 radical (unpaired) electrons. The summed E-state index contributed by atoms with van der Waals surface area (Å²) in [6, 6.07) is 16.8. The lowest BCUT2D eigenvalue weighted by molar-refractivity contribution is 0.0513. The van der Waals surface area contributed by atoms with E-state index in [1.165, 1.54) is 10.5 Å². The Bertz CT molecular complexity index is 860. The predicted molar refractivity (Wildman–Crippen MR) is 136 cm³/mol. The highest BCUT2D eigenvalue weighted by Gasteiger charge is 2.35. The number of rotatable bonds is 7. The van der Waals surface area contributed by atoms with Crippen LogP contribution < -0.4 is 20.1 Å². The SMILES string of the molecule is CN=C(NCCSc1ccccc1)NCC1(c2ccc3c(c2)OCO3)CCOCC1.I. The van der Waals surface area contributed by atoms with Crippen molar-refractivity contribution < 1.29 is 14.2 Å². The van der Waals surface area contributed by atoms with Crippen molar-refractivity contribution in [3.8, 4) is 11.5 Å². The second-order valence-corrected chi connectivity index (χ2v) is 8.64. The molecule has 0 aromatic heterocycles. The monoisotopic (exact) mass is 555 g/mol. The summed E-state index contributed by atoms with van der Waals surface area (Å²) >= 11 is 1.84. The van der Waals surface area contributed by atoms with Gasteiger partial charge < -0.3 is 24.8 Å². The largest absolute Gasteiger partial charge is 0.454 e. The second-order valence-electron chi connectivity index (χ2n) is 7.47. The molecule has 4 rings (SSSR count). The number of hydrogen-bond donors (Lipinski definition) is 2. The Morgan fingerprint density at radius 3 is 2.58 bits per heavy atom. The molecule has 2 heterocycles. The van der Waals surface area contributed by atoms with E-state index in [1.807, 2.05) is 30.9 Å². The Morgan fingerprint density at radius 2 is 1.81 bits per heavy atom. The predicted octanol–water partition coefficient (Wildman–Crippen LogP) is 4.04. The molecule has 2 aliphatic rings. The van der Waals surface area contributed by atoms with Gasteiger partial charge in [0.15, 0.2) is 17.5 Å². The van der Waals surface area contributed by atoms with Gasteiger partial charge in [0.1, 0.15) is 0 Å². The molecule has 2 aromatic carbocycles. The van der Waals surface area contributed by atoms with Gasteiger partial charge in [0, 0.05) is 49.4 Å². The molecule has 168 valence electrons. The van der Waals surface area contributed by atoms with Crippen LogP contribution in [0.1, 0.15) is 18.4 Å². The molecule has 0 spiro atoms. The summed E-state index contributed by atoms with van der Waals surface area (Å²) in [5, 5.41) is 6.98. The van der Waals surface area contributed by atoms with Crippen molar-refractivity contribution >= 4 is 41.7 Å². The molecule has 2 aromatic rings. The third-order valence-corrected chi connectivity index (χ3v) is 6.67. The van der Waals surface area contributed by atoms with Gasteiger partial charge in [-0.2, -0.15) is 0 Å². The number of hydrogen-bond acceptors (Lipinski definition) is 5. The van der Waals surface area contributed by atoms with Crippen molar-refractivity contribution in [2.45, 2.75) is 23.2 Å². The third kappa shape index (κ3) is 6.20. The van der Waals surface area contributed by atoms with Gasteiger partial charge in [0.2, 0.25) is 6.79 Å². The second kappa shape index (κ2) is 11.8. The number of nitrogens with one attached hydrogen (secondary N) is 2. The van der Waals surface area contributed by atoms with Gasteiger partial charge in [-0.05, 0) is 42.7 Å². The standard InChI is InChI=1S/C23H29N3O3S.HI/c1-24-22(25-11-14-30-19-5-3-2-4-6-19)26-16-23(9-12-27-13-10-23)18-7-8-20-21(15-18)29-17-28-20;/h2-8,15H,9-14,16-17H2,1H3,(H2,24,25,26);1H. The summed E-state index contributed by atoms with van der Waals surface area (Å²) in [4.78, 5) is 5.69. The van der Waals surface area contributed by atoms with Crippen molar-refractivity contribution in [2.24, 2.45) is 4.99 Å². The molecule has 31 heavy (non-hydrogen) atoms. The zero-order valence-electron chi connectivity index (χ0n) is 17.8. The maximum absolute atomic E-state index is 5.66. The van der Waals surface area contributed by atoms with Crippen LogP contribution in [0.5, 0.6) is 11.5 Å². The zero-order chi connectivity index (χ0) is 20.7. The number of halogens is 1. The van der Waals surface area contributed by atoms with Crippen molar-refractivity contribution in [3.05, 3.63) is 54.1 Å². The van der Waals surface area contributed by atoms with E-state index in [9.17, 15) is 0 Å². The molecule has 0 amide bonds. The minimum atomic E-state index is -0.0182. The van der Waals surface area contributed by atoms with Gasteiger partial charge in [-0.1, -0.05) is 24.3 Å². The maximum Gasteiger partial charge on any atom is 0.231 e. The summed E-state index contributed by atoms with van der Waals surface area (Å²) in [5.41, 5.74) is 1.24. The fraction of sp³-hybridized carbons (Fsp3) is 0.435. The number of ether oxygens (including phenoxy) is 3. The van der Waals surface area contributed by atoms with Crippen LogP contribution in [0.15, 0.2) is 58.4 Å². The smallest absolute Gasteiger partial charge is 0.231 e. The highest BCUT2D eigenvalue weighted by Crippen LogP contribution is 2.40. The van der Waals surface area contributed by atoms with Crippen LogP contribution in [-0.4, -0.2) is 51.9 Å². The first-order valence-electron chi connectivity index (χ1n) is 10.4. The highest BCUT2D eigenvalue weighted by atomic mass is 127. The Balaban J connectivity index is 0.00000272. The number of thioether (sulfide) groups is 1. The number of benzene rings is 2. The fourth-order valence-corrected chi connectivity index (χ4v) is 4.67. The van der Waals surface area contributed by atoms with Gasteiger partial charge in [-0.25, -0.2) is 0 Å². The van der Waals surface area contributed by atoms with Gasteiger partial charge in [0.25, 0.3) is 0 Å². The average molecular weight is 555 g/mol. The Morgan fingerprint density at radius 1 is 1.03 bits per heavy atom. The van der Waals surface area contributed by atoms with Crippen molar-refractivity contribution in [2.75, 3.05) is 45.9 Å². The molecule has 6 nitrogen and oxygen atoms in total. The lowest BCUT2D eigenvalue weighted by atomic mass is 9.74. The minimum absolute atomic E-state index is 0. The summed E-state index contributed by atoms with van der Waals surface area (Å²) in [7, 11) is 1.82. The Hall–Kier alpha value is -1.65. The molecule has 0 unspecified atom stereocenters. The van der Waals surface area contributed by atoms with Crippen LogP contribution in [-0.2, 0) is 10.2 Å². The van der Waals surface area contributed by atoms with Crippen LogP contribution in [0.25, 0.3) is 0 Å². The van der Waals surface area contributed by atoms with E-state index in [1.54, 1.807) is 0 Å². The Kier molecular flexibility index (Phi) is 9.15. The highest BCUT2D eigenvalue weighted by molar-refractivity contribution is 14.0. The normalized spacial score (nSPS) is 17.0. The average Bonchev–Trinajstić information content (AvgIpc) is 3.28. The molecule has 1 saturated heterocycles. The molecular formula is C23H30IN3O3S. The summed E-state index contributed by atoms with van der Waals surface area (Å²) in [6.45, 7) is 3.46. The zero-order valence-corrected chi connectivity index (χ0v) is 20.9. The quantitative estimate of drug-likeness (QED) is 0.177. The van der Waals surface area contributed by atoms with E-state index in [4.69, 9.17) is 14.2 Å². The van der Waals surface area contributed by atoms with Crippen molar-refractivity contribution in [1.29, 1.82) is 0 Å². The molecule has 0 atom stereocenters. The van der Waals surface area contributed by atoms with Crippen molar-refractivity contribution in [3.63, 3.8) is 0 Å². The summed E-state index contributed by atoms with van der Waals surface area (Å²) in [6.07, 6.45) is 1.92. The molecule has 0 saturated carbocycles. The van der Waals surface area contributed by atoms with E-state index < -0.39 is 0 Å². The first-order valence-corrected chi connectivity index (χ1v) is 11.4. The van der Waals surface area contributed by atoms with Gasteiger partial charge in [-0.15, -0.1) is 35.7 Å². The van der Waals surface area contributed by atoms with Crippen LogP contribution >= 0.6 is 35.7 Å². The number of aliphatic imine (C=N–C) groups is 1. The molecule has 0 aliphatic carbocycles. The maximum atomic E-state index is 5.66. The fourth-order valence-electron chi connectivity index (χ4n) is 3.88. The van der Waals surface area contributed by atoms with Crippen LogP contribution in [0, 0.1) is 0 Å². The van der Waals surface area contributed by atoms with Crippen molar-refractivity contribution in [1.82, 2.24) is 10.6 Å². The van der Waals surface area contributed by atoms with Gasteiger partial charge in [-0.3, -0.25) is 4.99 Å². The Labute approximate surface area is 205 Å². The van der Waals surface area contributed by atoms with E-state index in [0.717, 1.165) is 62.4 Å². The molecule has 1 fully saturated rings. The van der Waals surface area contributed by atoms with E-state index in [0.29, 0.717) is 6.79 Å². The minimum Gasteiger partial charge on any atom is -0.454 e. The first-order chi connectivity index (χ1) is 14.8. The van der Waals surface area contributed by atoms with E-state index >= 15 is 0 Å². The number of nitrogens with zero attached hydrogens (tertiary/aromatic N) is 1. The van der Waals surface area contributed by atoms with Crippen LogP contribution in [0.3, 0.4) is 0 Å². The molecule has 0 bridgehead atoms. The molecule has 2 aliphatic heterocycles. The first kappa shape index (κ1) is 24.0. The van der Waals surface area contributed by atoms with E-state index in [-0.39, 0.29) is 29.4 Å². The third-order valence-electron chi connectivity index (χ3n) is 5.66.